The van der Waals surface area contributed by atoms with Crippen LogP contribution in [0.25, 0.3) is 0 Å². The Hall–Kier alpha value is -0.330. The van der Waals surface area contributed by atoms with Crippen LogP contribution in [0.1, 0.15) is 33.6 Å². The van der Waals surface area contributed by atoms with E-state index in [0.717, 1.165) is 12.8 Å². The van der Waals surface area contributed by atoms with E-state index in [-0.39, 0.29) is 11.8 Å². The minimum Gasteiger partial charge on any atom is -0.437 e. The summed E-state index contributed by atoms with van der Waals surface area (Å²) in [5.41, 5.74) is 0. The molecule has 0 aromatic rings. The lowest BCUT2D eigenvalue weighted by molar-refractivity contribution is -0.156. The molecule has 0 aromatic heterocycles. The van der Waals surface area contributed by atoms with Gasteiger partial charge < -0.3 is 4.74 Å². The van der Waals surface area contributed by atoms with Crippen molar-refractivity contribution in [3.05, 3.63) is 0 Å². The third-order valence-electron chi connectivity index (χ3n) is 2.52. The van der Waals surface area contributed by atoms with Crippen LogP contribution in [0.5, 0.6) is 0 Å². The van der Waals surface area contributed by atoms with Gasteiger partial charge in [0.25, 0.3) is 0 Å². The van der Waals surface area contributed by atoms with Gasteiger partial charge in [0, 0.05) is 10.7 Å². The van der Waals surface area contributed by atoms with E-state index < -0.39 is 22.1 Å². The second-order valence-electron chi connectivity index (χ2n) is 3.46. The summed E-state index contributed by atoms with van der Waals surface area (Å²) in [6, 6.07) is 0. The number of carbonyl (C=O) groups excluding carboxylic acids is 1. The van der Waals surface area contributed by atoms with E-state index in [1.54, 1.807) is 6.92 Å². The molecule has 0 saturated carbocycles. The summed E-state index contributed by atoms with van der Waals surface area (Å²) >= 11 is 0. The van der Waals surface area contributed by atoms with E-state index in [0.29, 0.717) is 0 Å². The lowest BCUT2D eigenvalue weighted by Crippen LogP contribution is -2.23. The molecular formula is C9H17ClO5S. The molecule has 7 heteroatoms. The standard InChI is InChI=1S/C9H17ClO5S/c1-4-8(5-2)7(3)9(11)14-6-15-16(10,12)13/h7-8H,4-6H2,1-3H3. The average Bonchev–Trinajstić information content (AvgIpc) is 2.17. The molecule has 0 saturated heterocycles. The maximum atomic E-state index is 11.4. The highest BCUT2D eigenvalue weighted by Crippen LogP contribution is 2.20. The monoisotopic (exact) mass is 272 g/mol. The Morgan fingerprint density at radius 1 is 1.31 bits per heavy atom. The molecule has 0 amide bonds. The van der Waals surface area contributed by atoms with Crippen LogP contribution in [0.3, 0.4) is 0 Å². The number of esters is 1. The number of hydrogen-bond acceptors (Lipinski definition) is 5. The number of hydrogen-bond donors (Lipinski definition) is 0. The third-order valence-corrected chi connectivity index (χ3v) is 3.16. The van der Waals surface area contributed by atoms with Crippen LogP contribution in [0.4, 0.5) is 0 Å². The maximum absolute atomic E-state index is 11.4. The lowest BCUT2D eigenvalue weighted by Gasteiger charge is -2.19. The van der Waals surface area contributed by atoms with Gasteiger partial charge in [-0.15, -0.1) is 0 Å². The van der Waals surface area contributed by atoms with Crippen LogP contribution >= 0.6 is 10.7 Å². The van der Waals surface area contributed by atoms with Gasteiger partial charge in [-0.25, -0.2) is 4.18 Å². The van der Waals surface area contributed by atoms with E-state index >= 15 is 0 Å². The van der Waals surface area contributed by atoms with Crippen molar-refractivity contribution in [2.24, 2.45) is 11.8 Å². The Balaban J connectivity index is 4.06. The van der Waals surface area contributed by atoms with E-state index in [2.05, 4.69) is 8.92 Å². The molecule has 0 fully saturated rings. The Morgan fingerprint density at radius 2 is 1.81 bits per heavy atom. The quantitative estimate of drug-likeness (QED) is 0.403. The van der Waals surface area contributed by atoms with Gasteiger partial charge in [0.15, 0.2) is 0 Å². The molecule has 5 nitrogen and oxygen atoms in total. The molecule has 0 bridgehead atoms. The summed E-state index contributed by atoms with van der Waals surface area (Å²) in [5, 5.41) is 0. The fourth-order valence-corrected chi connectivity index (χ4v) is 1.73. The molecule has 0 aliphatic heterocycles. The van der Waals surface area contributed by atoms with Crippen LogP contribution in [-0.2, 0) is 23.0 Å². The zero-order valence-electron chi connectivity index (χ0n) is 9.60. The van der Waals surface area contributed by atoms with Gasteiger partial charge in [0.05, 0.1) is 5.92 Å². The molecule has 0 radical (unpaired) electrons. The van der Waals surface area contributed by atoms with Crippen molar-refractivity contribution in [1.82, 2.24) is 0 Å². The number of ether oxygens (including phenoxy) is 1. The Kier molecular flexibility index (Phi) is 6.94. The highest BCUT2D eigenvalue weighted by atomic mass is 35.7. The predicted octanol–water partition coefficient (Wildman–Crippen LogP) is 2.06. The van der Waals surface area contributed by atoms with Crippen molar-refractivity contribution in [3.8, 4) is 0 Å². The third kappa shape index (κ3) is 6.30. The van der Waals surface area contributed by atoms with Gasteiger partial charge in [-0.3, -0.25) is 4.79 Å². The summed E-state index contributed by atoms with van der Waals surface area (Å²) in [4.78, 5) is 11.4. The highest BCUT2D eigenvalue weighted by molar-refractivity contribution is 8.09. The van der Waals surface area contributed by atoms with Crippen molar-refractivity contribution in [1.29, 1.82) is 0 Å². The van der Waals surface area contributed by atoms with Crippen LogP contribution in [0.15, 0.2) is 0 Å². The normalized spacial score (nSPS) is 13.8. The molecule has 0 aliphatic rings. The second kappa shape index (κ2) is 7.09. The molecular weight excluding hydrogens is 256 g/mol. The molecule has 96 valence electrons. The molecule has 0 aromatic carbocycles. The van der Waals surface area contributed by atoms with Crippen LogP contribution in [-0.4, -0.2) is 21.2 Å². The Morgan fingerprint density at radius 3 is 2.19 bits per heavy atom. The van der Waals surface area contributed by atoms with Gasteiger partial charge in [0.1, 0.15) is 0 Å². The summed E-state index contributed by atoms with van der Waals surface area (Å²) < 4.78 is 29.5. The molecule has 16 heavy (non-hydrogen) atoms. The first-order valence-electron chi connectivity index (χ1n) is 5.07. The van der Waals surface area contributed by atoms with Crippen LogP contribution in [0, 0.1) is 11.8 Å². The van der Waals surface area contributed by atoms with Gasteiger partial charge in [-0.1, -0.05) is 33.6 Å². The first kappa shape index (κ1) is 15.7. The summed E-state index contributed by atoms with van der Waals surface area (Å²) in [7, 11) is 0.690. The summed E-state index contributed by atoms with van der Waals surface area (Å²) in [6.45, 7) is 5.04. The largest absolute Gasteiger partial charge is 0.437 e. The fourth-order valence-electron chi connectivity index (χ4n) is 1.46. The Labute approximate surface area is 101 Å². The minimum atomic E-state index is -4.08. The van der Waals surface area contributed by atoms with E-state index in [1.807, 2.05) is 13.8 Å². The Bertz CT molecular complexity index is 310. The molecule has 1 atom stereocenters. The zero-order chi connectivity index (χ0) is 12.8. The molecule has 0 N–H and O–H groups in total. The van der Waals surface area contributed by atoms with Gasteiger partial charge in [-0.2, -0.15) is 8.42 Å². The molecule has 0 heterocycles. The minimum absolute atomic E-state index is 0.222. The van der Waals surface area contributed by atoms with Gasteiger partial charge in [0.2, 0.25) is 6.79 Å². The van der Waals surface area contributed by atoms with Crippen molar-refractivity contribution in [2.45, 2.75) is 33.6 Å². The van der Waals surface area contributed by atoms with Crippen LogP contribution < -0.4 is 0 Å². The summed E-state index contributed by atoms with van der Waals surface area (Å²) in [5.74, 6) is -0.536. The molecule has 0 rings (SSSR count). The van der Waals surface area contributed by atoms with E-state index in [1.165, 1.54) is 0 Å². The topological polar surface area (TPSA) is 69.7 Å². The van der Waals surface area contributed by atoms with Crippen molar-refractivity contribution in [2.75, 3.05) is 6.79 Å². The predicted molar refractivity (Wildman–Crippen MR) is 60.1 cm³/mol. The smallest absolute Gasteiger partial charge is 0.358 e. The molecule has 0 spiro atoms. The highest BCUT2D eigenvalue weighted by Gasteiger charge is 2.22. The zero-order valence-corrected chi connectivity index (χ0v) is 11.2. The maximum Gasteiger partial charge on any atom is 0.358 e. The van der Waals surface area contributed by atoms with Crippen LogP contribution in [0.2, 0.25) is 0 Å². The first-order valence-corrected chi connectivity index (χ1v) is 7.30. The first-order chi connectivity index (χ1) is 7.31. The number of carbonyl (C=O) groups is 1. The van der Waals surface area contributed by atoms with Crippen molar-refractivity contribution < 1.29 is 22.1 Å². The number of halogens is 1. The van der Waals surface area contributed by atoms with Gasteiger partial charge >= 0.3 is 15.3 Å². The number of rotatable bonds is 7. The van der Waals surface area contributed by atoms with Gasteiger partial charge in [-0.05, 0) is 5.92 Å². The fraction of sp³-hybridized carbons (Fsp3) is 0.889. The molecule has 1 unspecified atom stereocenters. The summed E-state index contributed by atoms with van der Waals surface area (Å²) in [6.07, 6.45) is 1.73. The lowest BCUT2D eigenvalue weighted by atomic mass is 9.89. The van der Waals surface area contributed by atoms with E-state index in [9.17, 15) is 13.2 Å². The SMILES string of the molecule is CCC(CC)C(C)C(=O)OCOS(=O)(=O)Cl. The van der Waals surface area contributed by atoms with Crippen molar-refractivity contribution in [3.63, 3.8) is 0 Å². The van der Waals surface area contributed by atoms with E-state index in [4.69, 9.17) is 10.7 Å². The van der Waals surface area contributed by atoms with Crippen molar-refractivity contribution >= 4 is 26.0 Å². The second-order valence-corrected chi connectivity index (χ2v) is 5.61. The molecule has 0 aliphatic carbocycles. The average molecular weight is 273 g/mol.